The summed E-state index contributed by atoms with van der Waals surface area (Å²) in [6, 6.07) is 0. The Morgan fingerprint density at radius 2 is 2.24 bits per heavy atom. The molecule has 1 unspecified atom stereocenters. The molecular weight excluding hydrogens is 222 g/mol. The quantitative estimate of drug-likeness (QED) is 0.750. The Hall–Kier alpha value is -1.49. The molecule has 1 aliphatic carbocycles. The van der Waals surface area contributed by atoms with Gasteiger partial charge in [0.15, 0.2) is 0 Å². The number of ether oxygens (including phenoxy) is 3. The Morgan fingerprint density at radius 1 is 1.41 bits per heavy atom. The van der Waals surface area contributed by atoms with Crippen LogP contribution >= 0.6 is 0 Å². The number of nitrogens with one attached hydrogen (secondary N) is 1. The molecule has 0 spiro atoms. The van der Waals surface area contributed by atoms with Crippen LogP contribution in [0.4, 0.5) is 4.79 Å². The molecular formula is C12H15NO4. The van der Waals surface area contributed by atoms with Crippen LogP contribution in [0.1, 0.15) is 20.3 Å². The Bertz CT molecular complexity index is 424. The fourth-order valence-corrected chi connectivity index (χ4v) is 2.33. The van der Waals surface area contributed by atoms with Crippen molar-refractivity contribution in [3.05, 3.63) is 23.5 Å². The first-order valence-corrected chi connectivity index (χ1v) is 5.76. The lowest BCUT2D eigenvalue weighted by Gasteiger charge is -2.16. The van der Waals surface area contributed by atoms with E-state index in [4.69, 9.17) is 14.2 Å². The van der Waals surface area contributed by atoms with Crippen LogP contribution in [0.2, 0.25) is 0 Å². The molecule has 2 saturated heterocycles. The van der Waals surface area contributed by atoms with Gasteiger partial charge in [0.1, 0.15) is 18.0 Å². The van der Waals surface area contributed by atoms with Crippen molar-refractivity contribution in [3.8, 4) is 0 Å². The number of hydrogen-bond donors (Lipinski definition) is 1. The van der Waals surface area contributed by atoms with Crippen LogP contribution in [-0.2, 0) is 14.2 Å². The van der Waals surface area contributed by atoms with Crippen molar-refractivity contribution in [2.75, 3.05) is 6.54 Å². The molecule has 2 aliphatic heterocycles. The molecule has 2 heterocycles. The summed E-state index contributed by atoms with van der Waals surface area (Å²) in [6.07, 6.45) is 4.17. The molecule has 2 fully saturated rings. The number of fused-ring (bicyclic) bond motifs is 1. The van der Waals surface area contributed by atoms with E-state index in [0.717, 1.165) is 17.8 Å². The minimum absolute atomic E-state index is 0.00110. The second-order valence-corrected chi connectivity index (χ2v) is 4.87. The monoisotopic (exact) mass is 237 g/mol. The largest absolute Gasteiger partial charge is 0.465 e. The maximum absolute atomic E-state index is 11.0. The highest BCUT2D eigenvalue weighted by Gasteiger charge is 2.40. The van der Waals surface area contributed by atoms with Crippen LogP contribution in [0.5, 0.6) is 0 Å². The number of amides is 1. The van der Waals surface area contributed by atoms with E-state index < -0.39 is 5.79 Å². The first-order chi connectivity index (χ1) is 8.03. The number of hydrogen-bond acceptors (Lipinski definition) is 4. The minimum atomic E-state index is -0.565. The van der Waals surface area contributed by atoms with Gasteiger partial charge in [0.05, 0.1) is 6.54 Å². The van der Waals surface area contributed by atoms with Crippen molar-refractivity contribution in [1.29, 1.82) is 0 Å². The van der Waals surface area contributed by atoms with Gasteiger partial charge >= 0.3 is 6.09 Å². The minimum Gasteiger partial charge on any atom is -0.465 e. The van der Waals surface area contributed by atoms with Crippen LogP contribution in [0, 0.1) is 0 Å². The summed E-state index contributed by atoms with van der Waals surface area (Å²) in [6.45, 7) is 4.30. The third-order valence-electron chi connectivity index (χ3n) is 3.04. The number of carbonyl (C=O) groups is 1. The van der Waals surface area contributed by atoms with Crippen LogP contribution in [0.25, 0.3) is 0 Å². The van der Waals surface area contributed by atoms with E-state index in [1.807, 2.05) is 26.0 Å². The van der Waals surface area contributed by atoms with Gasteiger partial charge < -0.3 is 19.5 Å². The number of alkyl carbamates (subject to hydrolysis) is 1. The topological polar surface area (TPSA) is 56.8 Å². The third kappa shape index (κ3) is 1.91. The van der Waals surface area contributed by atoms with E-state index in [0.29, 0.717) is 6.54 Å². The van der Waals surface area contributed by atoms with E-state index in [1.54, 1.807) is 0 Å². The van der Waals surface area contributed by atoms with Crippen LogP contribution in [-0.4, -0.2) is 30.6 Å². The summed E-state index contributed by atoms with van der Waals surface area (Å²) < 4.78 is 16.6. The summed E-state index contributed by atoms with van der Waals surface area (Å²) in [5.41, 5.74) is 0.982. The molecule has 0 aromatic heterocycles. The highest BCUT2D eigenvalue weighted by molar-refractivity contribution is 5.70. The van der Waals surface area contributed by atoms with E-state index in [-0.39, 0.29) is 18.3 Å². The van der Waals surface area contributed by atoms with Crippen molar-refractivity contribution < 1.29 is 19.0 Å². The molecule has 0 aromatic rings. The second-order valence-electron chi connectivity index (χ2n) is 4.87. The molecule has 3 aliphatic rings. The standard InChI is InChI=1S/C12H15NO4/c1-12(2)16-8-4-3-7(5-9(8)17-12)10-6-13-11(14)15-10/h3,5,8,10H,4,6H2,1-2H3,(H,13,14)/t8?,10-/m0/s1. The molecule has 5 heteroatoms. The average Bonchev–Trinajstić information content (AvgIpc) is 2.78. The lowest BCUT2D eigenvalue weighted by molar-refractivity contribution is -0.132. The fourth-order valence-electron chi connectivity index (χ4n) is 2.33. The van der Waals surface area contributed by atoms with Gasteiger partial charge in [0.25, 0.3) is 0 Å². The molecule has 1 amide bonds. The smallest absolute Gasteiger partial charge is 0.407 e. The molecule has 2 atom stereocenters. The first kappa shape index (κ1) is 10.7. The number of carbonyl (C=O) groups excluding carboxylic acids is 1. The summed E-state index contributed by atoms with van der Waals surface area (Å²) in [5, 5.41) is 2.64. The van der Waals surface area contributed by atoms with Gasteiger partial charge in [0, 0.05) is 13.8 Å². The van der Waals surface area contributed by atoms with E-state index >= 15 is 0 Å². The molecule has 92 valence electrons. The molecule has 1 N–H and O–H groups in total. The van der Waals surface area contributed by atoms with Gasteiger partial charge in [-0.15, -0.1) is 0 Å². The normalized spacial score (nSPS) is 34.1. The maximum Gasteiger partial charge on any atom is 0.407 e. The predicted octanol–water partition coefficient (Wildman–Crippen LogP) is 1.46. The number of rotatable bonds is 1. The lowest BCUT2D eigenvalue weighted by Crippen LogP contribution is -2.22. The van der Waals surface area contributed by atoms with Gasteiger partial charge in [-0.2, -0.15) is 0 Å². The van der Waals surface area contributed by atoms with Gasteiger partial charge in [-0.25, -0.2) is 4.79 Å². The summed E-state index contributed by atoms with van der Waals surface area (Å²) in [5.74, 6) is 0.264. The van der Waals surface area contributed by atoms with Crippen LogP contribution < -0.4 is 5.32 Å². The zero-order valence-electron chi connectivity index (χ0n) is 9.86. The molecule has 0 radical (unpaired) electrons. The van der Waals surface area contributed by atoms with Gasteiger partial charge in [0.2, 0.25) is 5.79 Å². The predicted molar refractivity (Wildman–Crippen MR) is 59.1 cm³/mol. The summed E-state index contributed by atoms with van der Waals surface area (Å²) >= 11 is 0. The second kappa shape index (κ2) is 3.50. The van der Waals surface area contributed by atoms with Crippen molar-refractivity contribution in [2.45, 2.75) is 38.3 Å². The maximum atomic E-state index is 11.0. The fraction of sp³-hybridized carbons (Fsp3) is 0.583. The third-order valence-corrected chi connectivity index (χ3v) is 3.04. The molecule has 5 nitrogen and oxygen atoms in total. The SMILES string of the molecule is CC1(C)OC2=CC([C@@H]3CNC(=O)O3)=CCC2O1. The molecule has 0 saturated carbocycles. The molecule has 0 bridgehead atoms. The molecule has 3 rings (SSSR count). The molecule has 0 aromatic carbocycles. The zero-order chi connectivity index (χ0) is 12.0. The summed E-state index contributed by atoms with van der Waals surface area (Å²) in [4.78, 5) is 11.0. The zero-order valence-corrected chi connectivity index (χ0v) is 9.86. The van der Waals surface area contributed by atoms with Crippen molar-refractivity contribution in [2.24, 2.45) is 0 Å². The summed E-state index contributed by atoms with van der Waals surface area (Å²) in [7, 11) is 0. The Balaban J connectivity index is 1.77. The lowest BCUT2D eigenvalue weighted by atomic mass is 9.99. The molecule has 17 heavy (non-hydrogen) atoms. The number of cyclic esters (lactones) is 1. The average molecular weight is 237 g/mol. The Morgan fingerprint density at radius 3 is 2.94 bits per heavy atom. The van der Waals surface area contributed by atoms with Crippen molar-refractivity contribution in [3.63, 3.8) is 0 Å². The highest BCUT2D eigenvalue weighted by atomic mass is 16.7. The van der Waals surface area contributed by atoms with Gasteiger partial charge in [-0.3, -0.25) is 0 Å². The Kier molecular flexibility index (Phi) is 2.19. The van der Waals surface area contributed by atoms with Crippen molar-refractivity contribution >= 4 is 6.09 Å². The van der Waals surface area contributed by atoms with E-state index in [9.17, 15) is 4.79 Å². The van der Waals surface area contributed by atoms with Crippen molar-refractivity contribution in [1.82, 2.24) is 5.32 Å². The van der Waals surface area contributed by atoms with E-state index in [2.05, 4.69) is 5.32 Å². The van der Waals surface area contributed by atoms with Gasteiger partial charge in [-0.05, 0) is 18.1 Å². The van der Waals surface area contributed by atoms with E-state index in [1.165, 1.54) is 0 Å². The Labute approximate surface area is 99.4 Å². The van der Waals surface area contributed by atoms with Crippen LogP contribution in [0.15, 0.2) is 23.5 Å². The first-order valence-electron chi connectivity index (χ1n) is 5.76. The van der Waals surface area contributed by atoms with Gasteiger partial charge in [-0.1, -0.05) is 6.08 Å². The highest BCUT2D eigenvalue weighted by Crippen LogP contribution is 2.37. The van der Waals surface area contributed by atoms with Crippen LogP contribution in [0.3, 0.4) is 0 Å².